The zero-order chi connectivity index (χ0) is 26.9. The van der Waals surface area contributed by atoms with E-state index in [4.69, 9.17) is 4.74 Å². The highest BCUT2D eigenvalue weighted by Crippen LogP contribution is 2.12. The van der Waals surface area contributed by atoms with Crippen LogP contribution in [-0.2, 0) is 33.6 Å². The monoisotopic (exact) mass is 508 g/mol. The maximum atomic E-state index is 12.2. The molecule has 0 bridgehead atoms. The number of hydrogen-bond acceptors (Lipinski definition) is 4. The van der Waals surface area contributed by atoms with Crippen molar-refractivity contribution in [3.05, 3.63) is 71.3 Å². The summed E-state index contributed by atoms with van der Waals surface area (Å²) in [6, 6.07) is 18.7. The van der Waals surface area contributed by atoms with Gasteiger partial charge in [0.1, 0.15) is 5.60 Å². The first-order valence-corrected chi connectivity index (χ1v) is 13.6. The van der Waals surface area contributed by atoms with Crippen molar-refractivity contribution >= 4 is 17.9 Å². The lowest BCUT2D eigenvalue weighted by Gasteiger charge is -2.19. The van der Waals surface area contributed by atoms with Crippen LogP contribution >= 0.6 is 0 Å². The number of imide groups is 1. The van der Waals surface area contributed by atoms with Crippen molar-refractivity contribution in [2.24, 2.45) is 0 Å². The molecular formula is C31H44N2O4. The number of hydrogen-bond donors (Lipinski definition) is 2. The van der Waals surface area contributed by atoms with E-state index in [9.17, 15) is 14.4 Å². The van der Waals surface area contributed by atoms with E-state index in [1.165, 1.54) is 11.1 Å². The molecule has 6 nitrogen and oxygen atoms in total. The number of aryl methyl sites for hydroxylation is 2. The molecule has 0 aliphatic carbocycles. The number of ether oxygens (including phenoxy) is 1. The van der Waals surface area contributed by atoms with Gasteiger partial charge in [0.15, 0.2) is 0 Å². The minimum atomic E-state index is -0.487. The van der Waals surface area contributed by atoms with Crippen LogP contribution in [0.5, 0.6) is 0 Å². The van der Waals surface area contributed by atoms with Crippen molar-refractivity contribution in [3.63, 3.8) is 0 Å². The second-order valence-corrected chi connectivity index (χ2v) is 10.6. The van der Waals surface area contributed by atoms with Crippen molar-refractivity contribution in [1.29, 1.82) is 0 Å². The van der Waals surface area contributed by atoms with Gasteiger partial charge in [-0.3, -0.25) is 14.9 Å². The molecule has 2 aromatic rings. The summed E-state index contributed by atoms with van der Waals surface area (Å²) in [6.45, 7) is 6.09. The molecule has 0 unspecified atom stereocenters. The third kappa shape index (κ3) is 14.9. The number of alkyl carbamates (subject to hydrolysis) is 1. The Morgan fingerprint density at radius 2 is 1.24 bits per heavy atom. The van der Waals surface area contributed by atoms with Crippen LogP contribution in [0.1, 0.15) is 88.8 Å². The van der Waals surface area contributed by atoms with Gasteiger partial charge in [-0.25, -0.2) is 4.79 Å². The smallest absolute Gasteiger partial charge is 0.407 e. The molecule has 3 amide bonds. The Bertz CT molecular complexity index is 949. The van der Waals surface area contributed by atoms with Crippen molar-refractivity contribution in [2.75, 3.05) is 6.54 Å². The molecule has 0 aliphatic rings. The van der Waals surface area contributed by atoms with E-state index in [2.05, 4.69) is 47.0 Å². The van der Waals surface area contributed by atoms with Crippen LogP contribution in [0, 0.1) is 0 Å². The molecule has 2 aromatic carbocycles. The van der Waals surface area contributed by atoms with Gasteiger partial charge in [-0.2, -0.15) is 0 Å². The van der Waals surface area contributed by atoms with Crippen molar-refractivity contribution in [3.8, 4) is 0 Å². The maximum Gasteiger partial charge on any atom is 0.407 e. The molecule has 6 heteroatoms. The molecule has 0 spiro atoms. The number of benzene rings is 2. The Morgan fingerprint density at radius 1 is 0.676 bits per heavy atom. The molecule has 37 heavy (non-hydrogen) atoms. The summed E-state index contributed by atoms with van der Waals surface area (Å²) < 4.78 is 5.19. The van der Waals surface area contributed by atoms with Crippen LogP contribution in [0.3, 0.4) is 0 Å². The molecule has 202 valence electrons. The minimum absolute atomic E-state index is 0.213. The molecule has 0 aliphatic heterocycles. The first kappa shape index (κ1) is 30.1. The number of rotatable bonds is 15. The summed E-state index contributed by atoms with van der Waals surface area (Å²) >= 11 is 0. The molecule has 0 radical (unpaired) electrons. The summed E-state index contributed by atoms with van der Waals surface area (Å²) in [5.74, 6) is -0.472. The van der Waals surface area contributed by atoms with E-state index in [1.54, 1.807) is 0 Å². The average molecular weight is 509 g/mol. The van der Waals surface area contributed by atoms with E-state index < -0.39 is 5.60 Å². The zero-order valence-electron chi connectivity index (χ0n) is 22.8. The van der Waals surface area contributed by atoms with Gasteiger partial charge in [0.05, 0.1) is 6.42 Å². The number of carbonyl (C=O) groups is 3. The second-order valence-electron chi connectivity index (χ2n) is 10.6. The third-order valence-electron chi connectivity index (χ3n) is 5.94. The summed E-state index contributed by atoms with van der Waals surface area (Å²) in [6.07, 6.45) is 9.07. The molecule has 2 rings (SSSR count). The van der Waals surface area contributed by atoms with E-state index in [0.717, 1.165) is 63.4 Å². The quantitative estimate of drug-likeness (QED) is 0.276. The van der Waals surface area contributed by atoms with Gasteiger partial charge >= 0.3 is 6.09 Å². The lowest BCUT2D eigenvalue weighted by atomic mass is 10.0. The molecule has 0 heterocycles. The maximum absolute atomic E-state index is 12.2. The van der Waals surface area contributed by atoms with Gasteiger partial charge in [-0.05, 0) is 76.0 Å². The van der Waals surface area contributed by atoms with Gasteiger partial charge in [-0.1, -0.05) is 73.9 Å². The number of unbranched alkanes of at least 4 members (excludes halogenated alkanes) is 5. The van der Waals surface area contributed by atoms with Gasteiger partial charge < -0.3 is 10.1 Å². The first-order valence-electron chi connectivity index (χ1n) is 13.6. The standard InChI is InChI=1S/C31H44N2O4/c1-31(2,3)37-30(36)32-23-13-6-4-5-10-18-28(34)33-29(35)24-27-21-19-26(20-22-27)17-12-11-16-25-14-8-7-9-15-25/h7-9,14-15,19-22H,4-6,10-13,16-18,23-24H2,1-3H3,(H,32,36)(H,33,34,35). The van der Waals surface area contributed by atoms with E-state index >= 15 is 0 Å². The number of nitrogens with one attached hydrogen (secondary N) is 2. The summed E-state index contributed by atoms with van der Waals surface area (Å²) in [5.41, 5.74) is 3.08. The van der Waals surface area contributed by atoms with Crippen molar-refractivity contribution < 1.29 is 19.1 Å². The Balaban J connectivity index is 1.50. The lowest BCUT2D eigenvalue weighted by molar-refractivity contribution is -0.130. The van der Waals surface area contributed by atoms with Gasteiger partial charge in [0.25, 0.3) is 0 Å². The minimum Gasteiger partial charge on any atom is -0.444 e. The zero-order valence-corrected chi connectivity index (χ0v) is 22.8. The SMILES string of the molecule is CC(C)(C)OC(=O)NCCCCCCCC(=O)NC(=O)Cc1ccc(CCCCc2ccccc2)cc1. The van der Waals surface area contributed by atoms with E-state index in [0.29, 0.717) is 13.0 Å². The van der Waals surface area contributed by atoms with Crippen LogP contribution in [0.25, 0.3) is 0 Å². The molecule has 0 fully saturated rings. The lowest BCUT2D eigenvalue weighted by Crippen LogP contribution is -2.33. The largest absolute Gasteiger partial charge is 0.444 e. The summed E-state index contributed by atoms with van der Waals surface area (Å²) in [5, 5.41) is 5.25. The van der Waals surface area contributed by atoms with Gasteiger partial charge in [-0.15, -0.1) is 0 Å². The van der Waals surface area contributed by atoms with E-state index in [1.807, 2.05) is 39.0 Å². The van der Waals surface area contributed by atoms with Crippen LogP contribution in [-0.4, -0.2) is 30.1 Å². The van der Waals surface area contributed by atoms with E-state index in [-0.39, 0.29) is 24.3 Å². The summed E-state index contributed by atoms with van der Waals surface area (Å²) in [7, 11) is 0. The van der Waals surface area contributed by atoms with Gasteiger partial charge in [0, 0.05) is 13.0 Å². The van der Waals surface area contributed by atoms with Crippen LogP contribution in [0.2, 0.25) is 0 Å². The predicted octanol–water partition coefficient (Wildman–Crippen LogP) is 6.30. The van der Waals surface area contributed by atoms with Crippen LogP contribution in [0.15, 0.2) is 54.6 Å². The number of amides is 3. The molecule has 0 saturated heterocycles. The van der Waals surface area contributed by atoms with Crippen LogP contribution < -0.4 is 10.6 Å². The Labute approximate surface area is 222 Å². The Morgan fingerprint density at radius 3 is 1.89 bits per heavy atom. The summed E-state index contributed by atoms with van der Waals surface area (Å²) in [4.78, 5) is 35.9. The second kappa shape index (κ2) is 16.6. The highest BCUT2D eigenvalue weighted by molar-refractivity contribution is 5.96. The third-order valence-corrected chi connectivity index (χ3v) is 5.94. The molecule has 2 N–H and O–H groups in total. The van der Waals surface area contributed by atoms with Crippen molar-refractivity contribution in [1.82, 2.24) is 10.6 Å². The first-order chi connectivity index (χ1) is 17.7. The fraction of sp³-hybridized carbons (Fsp3) is 0.516. The topological polar surface area (TPSA) is 84.5 Å². The van der Waals surface area contributed by atoms with Gasteiger partial charge in [0.2, 0.25) is 11.8 Å². The van der Waals surface area contributed by atoms with Crippen molar-refractivity contribution in [2.45, 2.75) is 97.0 Å². The Hall–Kier alpha value is -3.15. The number of carbonyl (C=O) groups excluding carboxylic acids is 3. The average Bonchev–Trinajstić information content (AvgIpc) is 2.84. The Kier molecular flexibility index (Phi) is 13.5. The fourth-order valence-electron chi connectivity index (χ4n) is 4.02. The molecule has 0 atom stereocenters. The fourth-order valence-corrected chi connectivity index (χ4v) is 4.02. The highest BCUT2D eigenvalue weighted by atomic mass is 16.6. The van der Waals surface area contributed by atoms with Crippen LogP contribution in [0.4, 0.5) is 4.79 Å². The normalized spacial score (nSPS) is 11.1. The predicted molar refractivity (Wildman–Crippen MR) is 148 cm³/mol. The highest BCUT2D eigenvalue weighted by Gasteiger charge is 2.15. The molecule has 0 aromatic heterocycles. The molecule has 0 saturated carbocycles. The molecular weight excluding hydrogens is 464 g/mol.